The predicted octanol–water partition coefficient (Wildman–Crippen LogP) is 2.09. The van der Waals surface area contributed by atoms with Gasteiger partial charge in [0.15, 0.2) is 16.6 Å². The van der Waals surface area contributed by atoms with Gasteiger partial charge in [0, 0.05) is 38.0 Å². The highest BCUT2D eigenvalue weighted by molar-refractivity contribution is 6.30. The lowest BCUT2D eigenvalue weighted by Gasteiger charge is -2.39. The van der Waals surface area contributed by atoms with Crippen LogP contribution in [0.4, 0.5) is 4.39 Å². The number of unbranched alkanes of at least 4 members (excludes halogenated alkanes) is 1. The number of aromatic hydroxyl groups is 1. The molecule has 3 rings (SSSR count). The van der Waals surface area contributed by atoms with Crippen molar-refractivity contribution in [2.75, 3.05) is 31.3 Å². The van der Waals surface area contributed by atoms with Gasteiger partial charge in [-0.2, -0.15) is 0 Å². The Labute approximate surface area is 189 Å². The van der Waals surface area contributed by atoms with Gasteiger partial charge in [0.25, 0.3) is 11.8 Å². The summed E-state index contributed by atoms with van der Waals surface area (Å²) in [5.41, 5.74) is -1.51. The highest BCUT2D eigenvalue weighted by Gasteiger charge is 2.33. The van der Waals surface area contributed by atoms with Gasteiger partial charge in [-0.15, -0.1) is 6.58 Å². The van der Waals surface area contributed by atoms with Crippen molar-refractivity contribution >= 4 is 29.6 Å². The topological polar surface area (TPSA) is 107 Å². The van der Waals surface area contributed by atoms with Crippen molar-refractivity contribution < 1.29 is 19.1 Å². The van der Waals surface area contributed by atoms with E-state index in [0.29, 0.717) is 13.1 Å². The maximum absolute atomic E-state index is 14.1. The van der Waals surface area contributed by atoms with Crippen LogP contribution < -0.4 is 15.8 Å². The van der Waals surface area contributed by atoms with E-state index in [9.17, 15) is 23.9 Å². The van der Waals surface area contributed by atoms with Crippen LogP contribution in [0.15, 0.2) is 39.6 Å². The summed E-state index contributed by atoms with van der Waals surface area (Å²) in [5, 5.41) is 14.5. The van der Waals surface area contributed by atoms with E-state index in [1.165, 1.54) is 22.0 Å². The molecule has 0 fully saturated rings. The predicted molar refractivity (Wildman–Crippen MR) is 119 cm³/mol. The molecule has 3 heterocycles. The van der Waals surface area contributed by atoms with E-state index in [2.05, 4.69) is 16.9 Å². The number of carbonyl (C=O) groups is 2. The number of aliphatic imine (C=N–C) groups is 1. The van der Waals surface area contributed by atoms with Crippen molar-refractivity contribution in [3.8, 4) is 5.75 Å². The lowest BCUT2D eigenvalue weighted by molar-refractivity contribution is 0.0695. The average Bonchev–Trinajstić information content (AvgIpc) is 2.78. The zero-order valence-electron chi connectivity index (χ0n) is 17.7. The van der Waals surface area contributed by atoms with Gasteiger partial charge in [0.05, 0.1) is 0 Å². The van der Waals surface area contributed by atoms with Gasteiger partial charge in [0.1, 0.15) is 18.1 Å². The number of allylic oxidation sites excluding steroid dienone is 1. The van der Waals surface area contributed by atoms with Crippen LogP contribution in [0, 0.1) is 5.92 Å². The van der Waals surface area contributed by atoms with E-state index in [4.69, 9.17) is 11.6 Å². The molecule has 9 nitrogen and oxygen atoms in total. The lowest BCUT2D eigenvalue weighted by Crippen LogP contribution is -2.54. The molecule has 0 spiro atoms. The molecule has 0 saturated heterocycles. The van der Waals surface area contributed by atoms with Crippen LogP contribution in [0.5, 0.6) is 5.75 Å². The van der Waals surface area contributed by atoms with Gasteiger partial charge in [-0.25, -0.2) is 9.38 Å². The van der Waals surface area contributed by atoms with Crippen molar-refractivity contribution in [1.82, 2.24) is 14.9 Å². The van der Waals surface area contributed by atoms with E-state index in [-0.39, 0.29) is 36.0 Å². The zero-order valence-corrected chi connectivity index (χ0v) is 18.4. The maximum atomic E-state index is 14.1. The van der Waals surface area contributed by atoms with Crippen molar-refractivity contribution in [2.24, 2.45) is 10.9 Å². The molecule has 0 saturated carbocycles. The van der Waals surface area contributed by atoms with Crippen molar-refractivity contribution in [3.63, 3.8) is 0 Å². The Morgan fingerprint density at radius 2 is 2.22 bits per heavy atom. The summed E-state index contributed by atoms with van der Waals surface area (Å²) >= 11 is 5.69. The number of nitrogens with zero attached hydrogens (tertiary/aromatic N) is 4. The highest BCUT2D eigenvalue weighted by Crippen LogP contribution is 2.26. The molecule has 0 aliphatic carbocycles. The molecule has 2 aliphatic heterocycles. The minimum Gasteiger partial charge on any atom is -0.502 e. The number of amides is 2. The van der Waals surface area contributed by atoms with E-state index < -0.39 is 34.7 Å². The molecule has 0 radical (unpaired) electrons. The standard InChI is InChI=1S/C21H25ClFN5O4/c1-3-5-6-9-27-12-26(4-2)21(32)16-18(30)17(29)14(11-28(16)27)20(31)25-10-13-7-8-24-19(22)15(13)23/h3,8,11,13,30H,1,4-7,9-10,12H2,2H3,(H,25,31). The van der Waals surface area contributed by atoms with Crippen LogP contribution in [0.25, 0.3) is 0 Å². The molecule has 1 atom stereocenters. The van der Waals surface area contributed by atoms with Crippen LogP contribution in [0.3, 0.4) is 0 Å². The summed E-state index contributed by atoms with van der Waals surface area (Å²) in [6, 6.07) is 0. The minimum absolute atomic E-state index is 0.111. The van der Waals surface area contributed by atoms with Crippen molar-refractivity contribution in [2.45, 2.75) is 26.2 Å². The van der Waals surface area contributed by atoms with Gasteiger partial charge in [0.2, 0.25) is 5.43 Å². The molecular weight excluding hydrogens is 441 g/mol. The summed E-state index contributed by atoms with van der Waals surface area (Å²) < 4.78 is 15.5. The van der Waals surface area contributed by atoms with Crippen molar-refractivity contribution in [1.29, 1.82) is 0 Å². The number of carbonyl (C=O) groups excluding carboxylic acids is 2. The third-order valence-corrected chi connectivity index (χ3v) is 5.68. The normalized spacial score (nSPS) is 18.1. The van der Waals surface area contributed by atoms with Crippen LogP contribution >= 0.6 is 11.6 Å². The fourth-order valence-electron chi connectivity index (χ4n) is 3.57. The molecule has 0 bridgehead atoms. The zero-order chi connectivity index (χ0) is 23.4. The van der Waals surface area contributed by atoms with Crippen LogP contribution in [-0.2, 0) is 0 Å². The summed E-state index contributed by atoms with van der Waals surface area (Å²) in [4.78, 5) is 43.4. The third-order valence-electron chi connectivity index (χ3n) is 5.40. The number of hydrogen-bond donors (Lipinski definition) is 2. The van der Waals surface area contributed by atoms with Gasteiger partial charge < -0.3 is 15.3 Å². The molecule has 1 unspecified atom stereocenters. The first kappa shape index (κ1) is 23.5. The SMILES string of the molecule is C=CCCCN1CN(CC)C(=O)c2c(O)c(=O)c(C(=O)NCC3CC=NC(Cl)=C3F)cn21. The molecular formula is C21H25ClFN5O4. The first-order valence-electron chi connectivity index (χ1n) is 10.3. The number of rotatable bonds is 8. The molecule has 0 aromatic carbocycles. The Morgan fingerprint density at radius 1 is 1.47 bits per heavy atom. The maximum Gasteiger partial charge on any atom is 0.277 e. The van der Waals surface area contributed by atoms with Gasteiger partial charge in [-0.05, 0) is 26.2 Å². The minimum atomic E-state index is -0.967. The Hall–Kier alpha value is -3.14. The van der Waals surface area contributed by atoms with E-state index in [1.807, 2.05) is 0 Å². The summed E-state index contributed by atoms with van der Waals surface area (Å²) in [6.07, 6.45) is 6.16. The first-order valence-corrected chi connectivity index (χ1v) is 10.7. The Morgan fingerprint density at radius 3 is 2.91 bits per heavy atom. The van der Waals surface area contributed by atoms with Gasteiger partial charge in [-0.1, -0.05) is 17.7 Å². The molecule has 172 valence electrons. The average molecular weight is 466 g/mol. The number of aromatic nitrogens is 1. The second-order valence-corrected chi connectivity index (χ2v) is 7.83. The summed E-state index contributed by atoms with van der Waals surface area (Å²) in [5.74, 6) is -3.43. The van der Waals surface area contributed by atoms with Crippen LogP contribution in [0.1, 0.15) is 47.0 Å². The van der Waals surface area contributed by atoms with E-state index in [1.54, 1.807) is 18.0 Å². The molecule has 11 heteroatoms. The fraction of sp³-hybridized carbons (Fsp3) is 0.429. The van der Waals surface area contributed by atoms with Crippen molar-refractivity contribution in [3.05, 3.63) is 51.3 Å². The summed E-state index contributed by atoms with van der Waals surface area (Å²) in [6.45, 7) is 6.50. The first-order chi connectivity index (χ1) is 15.3. The Balaban J connectivity index is 1.90. The molecule has 2 aliphatic rings. The molecule has 1 aromatic rings. The molecule has 2 N–H and O–H groups in total. The summed E-state index contributed by atoms with van der Waals surface area (Å²) in [7, 11) is 0. The monoisotopic (exact) mass is 465 g/mol. The molecule has 1 aromatic heterocycles. The van der Waals surface area contributed by atoms with Gasteiger partial charge >= 0.3 is 0 Å². The second kappa shape index (κ2) is 9.99. The third kappa shape index (κ3) is 4.55. The Bertz CT molecular complexity index is 1050. The van der Waals surface area contributed by atoms with E-state index in [0.717, 1.165) is 12.8 Å². The molecule has 2 amide bonds. The number of pyridine rings is 1. The number of fused-ring (bicyclic) bond motifs is 1. The van der Waals surface area contributed by atoms with E-state index >= 15 is 0 Å². The van der Waals surface area contributed by atoms with Gasteiger partial charge in [-0.3, -0.25) is 24.1 Å². The Kier molecular flexibility index (Phi) is 7.34. The number of hydrogen-bond acceptors (Lipinski definition) is 6. The number of nitrogens with one attached hydrogen (secondary N) is 1. The largest absolute Gasteiger partial charge is 0.502 e. The lowest BCUT2D eigenvalue weighted by atomic mass is 10.0. The van der Waals surface area contributed by atoms with Crippen LogP contribution in [-0.4, -0.2) is 59.0 Å². The van der Waals surface area contributed by atoms with Crippen LogP contribution in [0.2, 0.25) is 0 Å². The highest BCUT2D eigenvalue weighted by atomic mass is 35.5. The quantitative estimate of drug-likeness (QED) is 0.347. The smallest absolute Gasteiger partial charge is 0.277 e. The number of halogens is 2. The fourth-order valence-corrected chi connectivity index (χ4v) is 3.79. The molecule has 32 heavy (non-hydrogen) atoms. The second-order valence-electron chi connectivity index (χ2n) is 7.47.